The zero-order valence-electron chi connectivity index (χ0n) is 12.9. The summed E-state index contributed by atoms with van der Waals surface area (Å²) in [5, 5.41) is 2.46. The number of ether oxygens (including phenoxy) is 1. The first-order valence-corrected chi connectivity index (χ1v) is 6.90. The second-order valence-electron chi connectivity index (χ2n) is 5.16. The molecule has 8 heteroatoms. The molecule has 1 aliphatic rings. The van der Waals surface area contributed by atoms with Crippen LogP contribution >= 0.6 is 0 Å². The van der Waals surface area contributed by atoms with Gasteiger partial charge in [0.25, 0.3) is 6.85 Å². The predicted octanol–water partition coefficient (Wildman–Crippen LogP) is 0.333. The summed E-state index contributed by atoms with van der Waals surface area (Å²) in [6.45, 7) is -5.99. The van der Waals surface area contributed by atoms with Crippen LogP contribution in [0.25, 0.3) is 6.08 Å². The van der Waals surface area contributed by atoms with E-state index >= 15 is 0 Å². The molecule has 0 spiro atoms. The smallest absolute Gasteiger partial charge is 0.497 e. The van der Waals surface area contributed by atoms with Crippen LogP contribution in [0.4, 0.5) is 18.6 Å². The molecule has 112 valence electrons. The molecule has 1 N–H and O–H groups in total. The molecule has 1 heterocycles. The zero-order valence-corrected chi connectivity index (χ0v) is 16.0. The molecular weight excluding hydrogens is 328 g/mol. The minimum Gasteiger partial charge on any atom is -0.497 e. The van der Waals surface area contributed by atoms with Gasteiger partial charge in [-0.05, 0) is 23.8 Å². The fourth-order valence-electron chi connectivity index (χ4n) is 2.61. The van der Waals surface area contributed by atoms with Crippen molar-refractivity contribution in [2.24, 2.45) is 0 Å². The quantitative estimate of drug-likeness (QED) is 0.813. The van der Waals surface area contributed by atoms with Crippen LogP contribution in [0.3, 0.4) is 0 Å². The van der Waals surface area contributed by atoms with Gasteiger partial charge in [0.2, 0.25) is 0 Å². The maximum Gasteiger partial charge on any atom is 1.00 e. The van der Waals surface area contributed by atoms with Crippen molar-refractivity contribution in [2.45, 2.75) is 0 Å². The Morgan fingerprint density at radius 3 is 2.26 bits per heavy atom. The van der Waals surface area contributed by atoms with Gasteiger partial charge in [-0.3, -0.25) is 0 Å². The molecule has 1 aliphatic heterocycles. The summed E-state index contributed by atoms with van der Waals surface area (Å²) in [5.41, 5.74) is 1.81. The molecule has 0 atom stereocenters. The summed E-state index contributed by atoms with van der Waals surface area (Å²) in [7, 11) is 1.52. The Bertz CT molecular complexity index is 719. The topological polar surface area (TPSA) is 21.3 Å². The molecule has 0 aliphatic carbocycles. The maximum absolute atomic E-state index is 13.4. The fraction of sp³-hybridized carbons (Fsp3) is 0.0667. The number of para-hydroxylation sites is 1. The molecular formula is C15H13B2F3KNO. The summed E-state index contributed by atoms with van der Waals surface area (Å²) in [6, 6.07) is 13.6. The van der Waals surface area contributed by atoms with Gasteiger partial charge in [0.05, 0.1) is 7.11 Å². The Hall–Kier alpha value is -0.664. The standard InChI is InChI=1S/C15H13B2F3NO.K/c1-22-13-8-6-12(7-9-13)16-15(17(18,19)20)10-11-4-2-3-5-14(11)21-16;/h2-10,21H,1H3;/q-1;+1. The molecule has 0 aromatic heterocycles. The Morgan fingerprint density at radius 2 is 1.65 bits per heavy atom. The first-order chi connectivity index (χ1) is 10.5. The van der Waals surface area contributed by atoms with Crippen LogP contribution in [-0.2, 0) is 0 Å². The van der Waals surface area contributed by atoms with Crippen LogP contribution in [0.5, 0.6) is 5.75 Å². The summed E-state index contributed by atoms with van der Waals surface area (Å²) in [5.74, 6) is 0.614. The first-order valence-electron chi connectivity index (χ1n) is 6.90. The Labute approximate surface area is 176 Å². The normalized spacial score (nSPS) is 13.4. The van der Waals surface area contributed by atoms with Gasteiger partial charge in [-0.25, -0.2) is 0 Å². The van der Waals surface area contributed by atoms with E-state index in [1.165, 1.54) is 13.2 Å². The minimum atomic E-state index is -5.09. The molecule has 2 aromatic carbocycles. The van der Waals surface area contributed by atoms with E-state index in [0.717, 1.165) is 0 Å². The van der Waals surface area contributed by atoms with Crippen molar-refractivity contribution < 1.29 is 69.1 Å². The van der Waals surface area contributed by atoms with Crippen molar-refractivity contribution in [3.8, 4) is 5.75 Å². The molecule has 0 bridgehead atoms. The molecule has 2 aromatic rings. The molecule has 23 heavy (non-hydrogen) atoms. The van der Waals surface area contributed by atoms with Crippen molar-refractivity contribution in [1.82, 2.24) is 0 Å². The van der Waals surface area contributed by atoms with E-state index in [2.05, 4.69) is 5.23 Å². The van der Waals surface area contributed by atoms with Gasteiger partial charge >= 0.3 is 58.4 Å². The average Bonchev–Trinajstić information content (AvgIpc) is 2.53. The van der Waals surface area contributed by atoms with Crippen molar-refractivity contribution in [2.75, 3.05) is 12.3 Å². The van der Waals surface area contributed by atoms with Crippen LogP contribution in [-0.4, -0.2) is 20.9 Å². The van der Waals surface area contributed by atoms with Gasteiger partial charge in [0, 0.05) is 5.69 Å². The third kappa shape index (κ3) is 4.06. The number of nitrogens with one attached hydrogen (secondary N) is 1. The van der Waals surface area contributed by atoms with E-state index in [1.807, 2.05) is 0 Å². The summed E-state index contributed by atoms with van der Waals surface area (Å²) < 4.78 is 45.4. The van der Waals surface area contributed by atoms with Crippen LogP contribution in [0.1, 0.15) is 5.56 Å². The maximum atomic E-state index is 13.4. The van der Waals surface area contributed by atoms with Crippen LogP contribution < -0.4 is 66.8 Å². The Kier molecular flexibility index (Phi) is 6.08. The SMILES string of the molecule is COc1ccc(B2Nc3ccccc3C=C2[B-](F)(F)F)cc1.[K+]. The minimum absolute atomic E-state index is 0. The van der Waals surface area contributed by atoms with E-state index < -0.39 is 19.2 Å². The van der Waals surface area contributed by atoms with Crippen LogP contribution in [0, 0.1) is 0 Å². The van der Waals surface area contributed by atoms with E-state index in [1.54, 1.807) is 48.5 Å². The van der Waals surface area contributed by atoms with Crippen LogP contribution in [0.2, 0.25) is 0 Å². The van der Waals surface area contributed by atoms with E-state index in [-0.39, 0.29) is 51.4 Å². The van der Waals surface area contributed by atoms with Crippen molar-refractivity contribution in [3.63, 3.8) is 0 Å². The number of methoxy groups -OCH3 is 1. The van der Waals surface area contributed by atoms with Crippen LogP contribution in [0.15, 0.2) is 53.9 Å². The fourth-order valence-corrected chi connectivity index (χ4v) is 2.61. The van der Waals surface area contributed by atoms with Gasteiger partial charge in [0.1, 0.15) is 5.75 Å². The van der Waals surface area contributed by atoms with Gasteiger partial charge in [-0.15, -0.1) is 5.37 Å². The van der Waals surface area contributed by atoms with Crippen molar-refractivity contribution in [3.05, 3.63) is 59.5 Å². The van der Waals surface area contributed by atoms with Gasteiger partial charge in [0.15, 0.2) is 0 Å². The van der Waals surface area contributed by atoms with Crippen molar-refractivity contribution in [1.29, 1.82) is 0 Å². The molecule has 3 rings (SSSR count). The number of fused-ring (bicyclic) bond motifs is 1. The van der Waals surface area contributed by atoms with E-state index in [9.17, 15) is 12.9 Å². The molecule has 0 saturated heterocycles. The van der Waals surface area contributed by atoms with E-state index in [0.29, 0.717) is 22.5 Å². The molecule has 2 nitrogen and oxygen atoms in total. The average molecular weight is 341 g/mol. The third-order valence-electron chi connectivity index (χ3n) is 3.74. The number of halogens is 3. The number of rotatable bonds is 3. The molecule has 0 unspecified atom stereocenters. The monoisotopic (exact) mass is 341 g/mol. The van der Waals surface area contributed by atoms with Gasteiger partial charge < -0.3 is 22.9 Å². The molecule has 0 fully saturated rings. The molecule has 0 radical (unpaired) electrons. The van der Waals surface area contributed by atoms with E-state index in [4.69, 9.17) is 4.74 Å². The third-order valence-corrected chi connectivity index (χ3v) is 3.74. The summed E-state index contributed by atoms with van der Waals surface area (Å²) in [4.78, 5) is 0. The van der Waals surface area contributed by atoms with Gasteiger partial charge in [-0.1, -0.05) is 41.9 Å². The largest absolute Gasteiger partial charge is 1.00 e. The number of hydrogen-bond donors (Lipinski definition) is 1. The first kappa shape index (κ1) is 18.7. The predicted molar refractivity (Wildman–Crippen MR) is 85.5 cm³/mol. The summed E-state index contributed by atoms with van der Waals surface area (Å²) in [6.07, 6.45) is 1.24. The van der Waals surface area contributed by atoms with Gasteiger partial charge in [-0.2, -0.15) is 0 Å². The second-order valence-corrected chi connectivity index (χ2v) is 5.16. The number of hydrogen-bond acceptors (Lipinski definition) is 2. The summed E-state index contributed by atoms with van der Waals surface area (Å²) >= 11 is 0. The Balaban J connectivity index is 0.00000192. The Morgan fingerprint density at radius 1 is 1.00 bits per heavy atom. The number of benzene rings is 2. The second kappa shape index (κ2) is 7.48. The van der Waals surface area contributed by atoms with Crippen molar-refractivity contribution >= 4 is 31.1 Å². The number of anilines is 1. The zero-order chi connectivity index (χ0) is 15.7. The molecule has 0 amide bonds. The molecule has 0 saturated carbocycles.